The van der Waals surface area contributed by atoms with Crippen molar-refractivity contribution >= 4 is 5.91 Å². The van der Waals surface area contributed by atoms with Crippen molar-refractivity contribution in [1.29, 1.82) is 0 Å². The minimum Gasteiger partial charge on any atom is -0.391 e. The molecule has 0 unspecified atom stereocenters. The number of methoxy groups -OCH3 is 1. The average molecular weight is 309 g/mol. The molecule has 1 aromatic rings. The smallest absolute Gasteiger partial charge is 0.229 e. The normalized spacial score (nSPS) is 30.5. The molecule has 2 fully saturated rings. The number of carbonyl (C=O) groups is 1. The molecule has 1 aliphatic carbocycles. The molecule has 122 valence electrons. The molecule has 2 N–H and O–H groups in total. The van der Waals surface area contributed by atoms with E-state index < -0.39 is 11.5 Å². The summed E-state index contributed by atoms with van der Waals surface area (Å²) in [7, 11) is 1.62. The summed E-state index contributed by atoms with van der Waals surface area (Å²) in [6.45, 7) is 1.54. The van der Waals surface area contributed by atoms with E-state index in [4.69, 9.17) is 9.47 Å². The number of nitrogens with one attached hydrogen (secondary N) is 1. The molecule has 1 aromatic heterocycles. The van der Waals surface area contributed by atoms with Crippen LogP contribution in [0.4, 0.5) is 0 Å². The van der Waals surface area contributed by atoms with Crippen molar-refractivity contribution in [2.75, 3.05) is 26.9 Å². The summed E-state index contributed by atoms with van der Waals surface area (Å²) in [5, 5.41) is 17.2. The maximum atomic E-state index is 12.8. The summed E-state index contributed by atoms with van der Waals surface area (Å²) >= 11 is 0. The standard InChI is InChI=1S/C15H23N3O4/c1-21-10-15(3-7-22-8-4-15)14(20)17-11-9-12(19)13(11)18-6-2-5-16-18/h2,5-6,11-13,19H,3-4,7-10H2,1H3,(H,17,20)/t11-,12+,13+/m0/s1. The van der Waals surface area contributed by atoms with Crippen LogP contribution in [-0.4, -0.2) is 59.9 Å². The predicted molar refractivity (Wildman–Crippen MR) is 78.2 cm³/mol. The molecule has 2 aliphatic rings. The lowest BCUT2D eigenvalue weighted by Gasteiger charge is -2.44. The third-order valence-corrected chi connectivity index (χ3v) is 4.80. The van der Waals surface area contributed by atoms with E-state index in [1.54, 1.807) is 18.0 Å². The number of hydrogen-bond donors (Lipinski definition) is 2. The highest BCUT2D eigenvalue weighted by molar-refractivity contribution is 5.83. The molecule has 22 heavy (non-hydrogen) atoms. The van der Waals surface area contributed by atoms with Crippen LogP contribution in [0.3, 0.4) is 0 Å². The van der Waals surface area contributed by atoms with Gasteiger partial charge in [-0.2, -0.15) is 5.10 Å². The Morgan fingerprint density at radius 1 is 1.55 bits per heavy atom. The fourth-order valence-corrected chi connectivity index (χ4v) is 3.37. The van der Waals surface area contributed by atoms with E-state index in [1.807, 2.05) is 12.3 Å². The number of aromatic nitrogens is 2. The van der Waals surface area contributed by atoms with Crippen LogP contribution in [0.1, 0.15) is 25.3 Å². The van der Waals surface area contributed by atoms with E-state index in [1.165, 1.54) is 0 Å². The highest BCUT2D eigenvalue weighted by atomic mass is 16.5. The van der Waals surface area contributed by atoms with Crippen molar-refractivity contribution in [2.45, 2.75) is 37.5 Å². The third kappa shape index (κ3) is 2.76. The fraction of sp³-hybridized carbons (Fsp3) is 0.733. The first-order valence-electron chi connectivity index (χ1n) is 7.71. The molecule has 1 saturated carbocycles. The van der Waals surface area contributed by atoms with Crippen LogP contribution in [0.2, 0.25) is 0 Å². The first-order chi connectivity index (χ1) is 10.7. The molecule has 7 heteroatoms. The molecule has 3 rings (SSSR count). The Morgan fingerprint density at radius 2 is 2.32 bits per heavy atom. The Balaban J connectivity index is 1.67. The van der Waals surface area contributed by atoms with Gasteiger partial charge in [0.2, 0.25) is 5.91 Å². The summed E-state index contributed by atoms with van der Waals surface area (Å²) in [6, 6.07) is 1.52. The Labute approximate surface area is 129 Å². The Kier molecular flexibility index (Phi) is 4.46. The number of ether oxygens (including phenoxy) is 2. The minimum atomic E-state index is -0.526. The predicted octanol–water partition coefficient (Wildman–Crippen LogP) is 0.117. The molecular formula is C15H23N3O4. The number of nitrogens with zero attached hydrogens (tertiary/aromatic N) is 2. The van der Waals surface area contributed by atoms with Gasteiger partial charge in [-0.15, -0.1) is 0 Å². The van der Waals surface area contributed by atoms with Crippen molar-refractivity contribution < 1.29 is 19.4 Å². The van der Waals surface area contributed by atoms with Gasteiger partial charge in [0.05, 0.1) is 30.2 Å². The van der Waals surface area contributed by atoms with E-state index >= 15 is 0 Å². The van der Waals surface area contributed by atoms with Gasteiger partial charge in [0.1, 0.15) is 0 Å². The van der Waals surface area contributed by atoms with Gasteiger partial charge in [-0.1, -0.05) is 0 Å². The molecular weight excluding hydrogens is 286 g/mol. The molecule has 3 atom stereocenters. The minimum absolute atomic E-state index is 0.00768. The number of rotatable bonds is 5. The van der Waals surface area contributed by atoms with Gasteiger partial charge >= 0.3 is 0 Å². The number of aliphatic hydroxyl groups excluding tert-OH is 1. The van der Waals surface area contributed by atoms with Gasteiger partial charge in [0.25, 0.3) is 0 Å². The third-order valence-electron chi connectivity index (χ3n) is 4.80. The molecule has 2 heterocycles. The van der Waals surface area contributed by atoms with E-state index in [0.717, 1.165) is 0 Å². The van der Waals surface area contributed by atoms with Crippen LogP contribution in [0.15, 0.2) is 18.5 Å². The Bertz CT molecular complexity index is 493. The van der Waals surface area contributed by atoms with E-state index in [0.29, 0.717) is 39.1 Å². The monoisotopic (exact) mass is 309 g/mol. The molecule has 1 saturated heterocycles. The number of carbonyl (C=O) groups excluding carboxylic acids is 1. The average Bonchev–Trinajstić information content (AvgIpc) is 3.01. The van der Waals surface area contributed by atoms with Crippen molar-refractivity contribution in [3.05, 3.63) is 18.5 Å². The van der Waals surface area contributed by atoms with Gasteiger partial charge in [-0.3, -0.25) is 9.48 Å². The van der Waals surface area contributed by atoms with Crippen molar-refractivity contribution in [1.82, 2.24) is 15.1 Å². The van der Waals surface area contributed by atoms with Crippen LogP contribution >= 0.6 is 0 Å². The summed E-state index contributed by atoms with van der Waals surface area (Å²) < 4.78 is 12.4. The van der Waals surface area contributed by atoms with Crippen LogP contribution in [0.25, 0.3) is 0 Å². The second-order valence-corrected chi connectivity index (χ2v) is 6.19. The van der Waals surface area contributed by atoms with Crippen molar-refractivity contribution in [2.24, 2.45) is 5.41 Å². The first-order valence-corrected chi connectivity index (χ1v) is 7.71. The van der Waals surface area contributed by atoms with Crippen LogP contribution in [0, 0.1) is 5.41 Å². The van der Waals surface area contributed by atoms with E-state index in [9.17, 15) is 9.90 Å². The lowest BCUT2D eigenvalue weighted by atomic mass is 9.77. The summed E-state index contributed by atoms with van der Waals surface area (Å²) in [4.78, 5) is 12.8. The van der Waals surface area contributed by atoms with Gasteiger partial charge in [0.15, 0.2) is 0 Å². The molecule has 0 radical (unpaired) electrons. The highest BCUT2D eigenvalue weighted by Gasteiger charge is 2.47. The topological polar surface area (TPSA) is 85.6 Å². The summed E-state index contributed by atoms with van der Waals surface area (Å²) in [5.74, 6) is -0.00768. The van der Waals surface area contributed by atoms with Gasteiger partial charge in [-0.05, 0) is 25.3 Å². The summed E-state index contributed by atoms with van der Waals surface area (Å²) in [6.07, 6.45) is 4.89. The maximum Gasteiger partial charge on any atom is 0.229 e. The second kappa shape index (κ2) is 6.36. The van der Waals surface area contributed by atoms with E-state index in [2.05, 4.69) is 10.4 Å². The Hall–Kier alpha value is -1.44. The lowest BCUT2D eigenvalue weighted by Crippen LogP contribution is -2.59. The molecule has 0 bridgehead atoms. The van der Waals surface area contributed by atoms with Crippen molar-refractivity contribution in [3.8, 4) is 0 Å². The lowest BCUT2D eigenvalue weighted by molar-refractivity contribution is -0.144. The quantitative estimate of drug-likeness (QED) is 0.807. The SMILES string of the molecule is COCC1(C(=O)N[C@H]2C[C@@H](O)[C@@H]2n2cccn2)CCOCC1. The number of aliphatic hydroxyl groups is 1. The maximum absolute atomic E-state index is 12.8. The number of hydrogen-bond acceptors (Lipinski definition) is 5. The Morgan fingerprint density at radius 3 is 2.91 bits per heavy atom. The molecule has 0 aromatic carbocycles. The molecule has 7 nitrogen and oxygen atoms in total. The molecule has 1 aliphatic heterocycles. The fourth-order valence-electron chi connectivity index (χ4n) is 3.37. The van der Waals surface area contributed by atoms with Gasteiger partial charge < -0.3 is 19.9 Å². The van der Waals surface area contributed by atoms with Gasteiger partial charge in [-0.25, -0.2) is 0 Å². The largest absolute Gasteiger partial charge is 0.391 e. The highest BCUT2D eigenvalue weighted by Crippen LogP contribution is 2.36. The summed E-state index contributed by atoms with van der Waals surface area (Å²) in [5.41, 5.74) is -0.526. The molecule has 1 amide bonds. The molecule has 0 spiro atoms. The number of amides is 1. The van der Waals surface area contributed by atoms with Crippen LogP contribution in [-0.2, 0) is 14.3 Å². The zero-order chi connectivity index (χ0) is 15.6. The zero-order valence-corrected chi connectivity index (χ0v) is 12.8. The van der Waals surface area contributed by atoms with E-state index in [-0.39, 0.29) is 18.0 Å². The van der Waals surface area contributed by atoms with Crippen LogP contribution < -0.4 is 5.32 Å². The zero-order valence-electron chi connectivity index (χ0n) is 12.8. The second-order valence-electron chi connectivity index (χ2n) is 6.19. The van der Waals surface area contributed by atoms with Gasteiger partial charge in [0, 0.05) is 32.7 Å². The first kappa shape index (κ1) is 15.5. The van der Waals surface area contributed by atoms with Crippen LogP contribution in [0.5, 0.6) is 0 Å². The van der Waals surface area contributed by atoms with Crippen molar-refractivity contribution in [3.63, 3.8) is 0 Å².